The minimum atomic E-state index is -2.96. The van der Waals surface area contributed by atoms with Crippen molar-refractivity contribution < 1.29 is 28.2 Å². The third-order valence-corrected chi connectivity index (χ3v) is 4.25. The maximum Gasteiger partial charge on any atom is 0.387 e. The molecular weight excluding hydrogens is 334 g/mol. The number of nitrogens with zero attached hydrogens (tertiary/aromatic N) is 2. The number of aliphatic carboxylic acids is 1. The highest BCUT2D eigenvalue weighted by Crippen LogP contribution is 2.41. The minimum absolute atomic E-state index is 0.0561. The van der Waals surface area contributed by atoms with Crippen molar-refractivity contribution in [3.8, 4) is 11.5 Å². The van der Waals surface area contributed by atoms with Gasteiger partial charge in [-0.2, -0.15) is 8.78 Å². The topological polar surface area (TPSA) is 63.4 Å². The SMILES string of the molecule is [C-]#[N+]C1(c2ccc(OC(F)F)c(OCC)c2)CCN(CC(=O)O)CC1. The molecule has 0 aromatic heterocycles. The predicted octanol–water partition coefficient (Wildman–Crippen LogP) is 2.98. The van der Waals surface area contributed by atoms with Gasteiger partial charge in [-0.1, -0.05) is 0 Å². The predicted molar refractivity (Wildman–Crippen MR) is 85.8 cm³/mol. The average Bonchev–Trinajstić information content (AvgIpc) is 2.57. The van der Waals surface area contributed by atoms with E-state index in [1.165, 1.54) is 6.07 Å². The lowest BCUT2D eigenvalue weighted by Crippen LogP contribution is -2.43. The Balaban J connectivity index is 2.24. The molecule has 0 atom stereocenters. The Bertz CT molecular complexity index is 653. The summed E-state index contributed by atoms with van der Waals surface area (Å²) in [7, 11) is 0. The van der Waals surface area contributed by atoms with E-state index in [-0.39, 0.29) is 24.7 Å². The molecule has 1 N–H and O–H groups in total. The van der Waals surface area contributed by atoms with Crippen molar-refractivity contribution in [2.24, 2.45) is 0 Å². The Kier molecular flexibility index (Phi) is 6.15. The highest BCUT2D eigenvalue weighted by atomic mass is 19.3. The van der Waals surface area contributed by atoms with Crippen LogP contribution in [0.3, 0.4) is 0 Å². The average molecular weight is 354 g/mol. The smallest absolute Gasteiger partial charge is 0.387 e. The van der Waals surface area contributed by atoms with Gasteiger partial charge in [0.25, 0.3) is 5.54 Å². The van der Waals surface area contributed by atoms with Gasteiger partial charge in [0.1, 0.15) is 0 Å². The molecule has 0 amide bonds. The van der Waals surface area contributed by atoms with E-state index in [9.17, 15) is 13.6 Å². The molecule has 0 aliphatic carbocycles. The third kappa shape index (κ3) is 4.57. The number of rotatable bonds is 7. The summed E-state index contributed by atoms with van der Waals surface area (Å²) in [4.78, 5) is 16.4. The summed E-state index contributed by atoms with van der Waals surface area (Å²) in [5.74, 6) is -0.789. The van der Waals surface area contributed by atoms with Gasteiger partial charge in [0.05, 0.1) is 13.2 Å². The summed E-state index contributed by atoms with van der Waals surface area (Å²) in [5.41, 5.74) is -0.146. The lowest BCUT2D eigenvalue weighted by Gasteiger charge is -2.33. The molecule has 1 saturated heterocycles. The highest BCUT2D eigenvalue weighted by molar-refractivity contribution is 5.69. The molecule has 0 radical (unpaired) electrons. The van der Waals surface area contributed by atoms with Gasteiger partial charge in [-0.3, -0.25) is 9.69 Å². The normalized spacial score (nSPS) is 17.1. The largest absolute Gasteiger partial charge is 0.490 e. The fraction of sp³-hybridized carbons (Fsp3) is 0.529. The van der Waals surface area contributed by atoms with Gasteiger partial charge in [-0.15, -0.1) is 0 Å². The Hall–Kier alpha value is -2.40. The zero-order valence-corrected chi connectivity index (χ0v) is 13.9. The lowest BCUT2D eigenvalue weighted by atomic mass is 9.81. The zero-order chi connectivity index (χ0) is 18.4. The van der Waals surface area contributed by atoms with Crippen molar-refractivity contribution in [3.63, 3.8) is 0 Å². The van der Waals surface area contributed by atoms with Crippen molar-refractivity contribution in [1.29, 1.82) is 0 Å². The van der Waals surface area contributed by atoms with E-state index < -0.39 is 18.1 Å². The highest BCUT2D eigenvalue weighted by Gasteiger charge is 2.43. The van der Waals surface area contributed by atoms with Crippen LogP contribution >= 0.6 is 0 Å². The number of hydrogen-bond donors (Lipinski definition) is 1. The summed E-state index contributed by atoms with van der Waals surface area (Å²) in [6, 6.07) is 4.57. The van der Waals surface area contributed by atoms with Crippen LogP contribution in [0.4, 0.5) is 8.78 Å². The van der Waals surface area contributed by atoms with Crippen LogP contribution in [-0.2, 0) is 10.3 Å². The lowest BCUT2D eigenvalue weighted by molar-refractivity contribution is -0.138. The van der Waals surface area contributed by atoms with Crippen LogP contribution in [-0.4, -0.2) is 48.8 Å². The molecule has 0 bridgehead atoms. The number of carbonyl (C=O) groups is 1. The Morgan fingerprint density at radius 1 is 1.40 bits per heavy atom. The number of piperidine rings is 1. The molecule has 2 rings (SSSR count). The molecule has 0 spiro atoms. The van der Waals surface area contributed by atoms with Crippen LogP contribution < -0.4 is 9.47 Å². The number of alkyl halides is 2. The molecule has 1 aliphatic heterocycles. The van der Waals surface area contributed by atoms with Gasteiger partial charge in [-0.25, -0.2) is 6.57 Å². The molecule has 8 heteroatoms. The van der Waals surface area contributed by atoms with Crippen molar-refractivity contribution in [1.82, 2.24) is 4.90 Å². The van der Waals surface area contributed by atoms with Gasteiger partial charge < -0.3 is 19.4 Å². The monoisotopic (exact) mass is 354 g/mol. The van der Waals surface area contributed by atoms with Crippen molar-refractivity contribution >= 4 is 5.97 Å². The van der Waals surface area contributed by atoms with Crippen molar-refractivity contribution in [2.75, 3.05) is 26.2 Å². The Morgan fingerprint density at radius 3 is 2.60 bits per heavy atom. The molecule has 6 nitrogen and oxygen atoms in total. The number of hydrogen-bond acceptors (Lipinski definition) is 4. The maximum absolute atomic E-state index is 12.5. The number of carboxylic acid groups (broad SMARTS) is 1. The van der Waals surface area contributed by atoms with Crippen LogP contribution in [0.1, 0.15) is 25.3 Å². The third-order valence-electron chi connectivity index (χ3n) is 4.25. The first-order valence-corrected chi connectivity index (χ1v) is 7.95. The fourth-order valence-corrected chi connectivity index (χ4v) is 3.00. The van der Waals surface area contributed by atoms with Crippen LogP contribution in [0.2, 0.25) is 0 Å². The van der Waals surface area contributed by atoms with Gasteiger partial charge in [0.15, 0.2) is 11.5 Å². The molecule has 1 heterocycles. The summed E-state index contributed by atoms with van der Waals surface area (Å²) in [6.07, 6.45) is 0.925. The zero-order valence-electron chi connectivity index (χ0n) is 13.9. The summed E-state index contributed by atoms with van der Waals surface area (Å²) in [6.45, 7) is 7.58. The number of benzene rings is 1. The van der Waals surface area contributed by atoms with Crippen LogP contribution in [0.5, 0.6) is 11.5 Å². The van der Waals surface area contributed by atoms with Crippen LogP contribution in [0.25, 0.3) is 4.85 Å². The first kappa shape index (κ1) is 18.9. The molecule has 1 fully saturated rings. The summed E-state index contributed by atoms with van der Waals surface area (Å²) < 4.78 is 34.9. The first-order chi connectivity index (χ1) is 11.9. The number of ether oxygens (including phenoxy) is 2. The number of likely N-dealkylation sites (tertiary alicyclic amines) is 1. The van der Waals surface area contributed by atoms with E-state index in [1.54, 1.807) is 24.0 Å². The van der Waals surface area contributed by atoms with E-state index in [0.29, 0.717) is 31.5 Å². The molecule has 0 saturated carbocycles. The van der Waals surface area contributed by atoms with Crippen molar-refractivity contribution in [3.05, 3.63) is 35.2 Å². The quantitative estimate of drug-likeness (QED) is 0.763. The minimum Gasteiger partial charge on any atom is -0.490 e. The maximum atomic E-state index is 12.5. The Morgan fingerprint density at radius 2 is 2.08 bits per heavy atom. The number of halogens is 2. The standard InChI is InChI=1S/C17H20F2N2O4/c1-3-24-14-10-12(4-5-13(14)25-16(18)19)17(20-2)6-8-21(9-7-17)11-15(22)23/h4-5,10,16H,3,6-9,11H2,1H3,(H,22,23). The van der Waals surface area contributed by atoms with Crippen LogP contribution in [0.15, 0.2) is 18.2 Å². The molecular formula is C17H20F2N2O4. The first-order valence-electron chi connectivity index (χ1n) is 7.95. The van der Waals surface area contributed by atoms with Crippen LogP contribution in [0, 0.1) is 6.57 Å². The van der Waals surface area contributed by atoms with Gasteiger partial charge in [0.2, 0.25) is 0 Å². The second-order valence-corrected chi connectivity index (χ2v) is 5.79. The van der Waals surface area contributed by atoms with Gasteiger partial charge in [-0.05, 0) is 25.1 Å². The molecule has 25 heavy (non-hydrogen) atoms. The summed E-state index contributed by atoms with van der Waals surface area (Å²) >= 11 is 0. The van der Waals surface area contributed by atoms with E-state index in [2.05, 4.69) is 9.58 Å². The van der Waals surface area contributed by atoms with E-state index >= 15 is 0 Å². The molecule has 1 aliphatic rings. The molecule has 0 unspecified atom stereocenters. The second kappa shape index (κ2) is 8.12. The van der Waals surface area contributed by atoms with Gasteiger partial charge >= 0.3 is 12.6 Å². The summed E-state index contributed by atoms with van der Waals surface area (Å²) in [5, 5.41) is 8.87. The van der Waals surface area contributed by atoms with Gasteiger partial charge in [0, 0.05) is 31.5 Å². The van der Waals surface area contributed by atoms with E-state index in [0.717, 1.165) is 0 Å². The molecule has 136 valence electrons. The number of carboxylic acids is 1. The Labute approximate surface area is 144 Å². The fourth-order valence-electron chi connectivity index (χ4n) is 3.00. The molecule has 1 aromatic carbocycles. The van der Waals surface area contributed by atoms with Crippen molar-refractivity contribution in [2.45, 2.75) is 31.9 Å². The van der Waals surface area contributed by atoms with E-state index in [4.69, 9.17) is 16.4 Å². The van der Waals surface area contributed by atoms with E-state index in [1.807, 2.05) is 0 Å². The molecule has 1 aromatic rings. The second-order valence-electron chi connectivity index (χ2n) is 5.79.